The minimum atomic E-state index is -0.840. The number of fused-ring (bicyclic) bond motifs is 6. The third kappa shape index (κ3) is 6.10. The van der Waals surface area contributed by atoms with E-state index in [1.54, 1.807) is 6.21 Å². The number of rotatable bonds is 2. The first-order valence-electron chi connectivity index (χ1n) is 14.0. The van der Waals surface area contributed by atoms with Gasteiger partial charge >= 0.3 is 5.97 Å². The van der Waals surface area contributed by atoms with E-state index < -0.39 is 29.8 Å². The molecule has 11 heteroatoms. The maximum atomic E-state index is 13.7. The van der Waals surface area contributed by atoms with Crippen molar-refractivity contribution in [3.8, 4) is 22.6 Å². The number of hydrogen-bond acceptors (Lipinski definition) is 7. The number of halogens is 2. The van der Waals surface area contributed by atoms with E-state index in [9.17, 15) is 14.0 Å². The Bertz CT molecular complexity index is 1710. The highest BCUT2D eigenvalue weighted by molar-refractivity contribution is 6.32. The minimum Gasteiger partial charge on any atom is -0.488 e. The van der Waals surface area contributed by atoms with Gasteiger partial charge in [-0.25, -0.2) is 13.9 Å². The van der Waals surface area contributed by atoms with Crippen LogP contribution in [-0.4, -0.2) is 64.6 Å². The maximum absolute atomic E-state index is 13.7. The summed E-state index contributed by atoms with van der Waals surface area (Å²) in [4.78, 5) is 33.0. The molecule has 1 amide bonds. The number of nitrogens with two attached hydrogens (primary N) is 1. The zero-order valence-electron chi connectivity index (χ0n) is 23.2. The highest BCUT2D eigenvalue weighted by Crippen LogP contribution is 2.32. The van der Waals surface area contributed by atoms with Crippen molar-refractivity contribution in [2.45, 2.75) is 31.4 Å². The number of carbonyl (C=O) groups is 2. The van der Waals surface area contributed by atoms with E-state index in [1.165, 1.54) is 40.2 Å². The molecule has 4 aromatic rings. The molecule has 1 fully saturated rings. The van der Waals surface area contributed by atoms with Crippen LogP contribution in [0.3, 0.4) is 0 Å². The number of carbonyl (C=O) groups excluding carboxylic acids is 2. The van der Waals surface area contributed by atoms with Crippen molar-refractivity contribution < 1.29 is 23.5 Å². The number of hydrogen-bond donors (Lipinski definition) is 1. The molecule has 2 aliphatic heterocycles. The molecular formula is C32H29ClFN5O4. The summed E-state index contributed by atoms with van der Waals surface area (Å²) in [6, 6.07) is 16.4. The van der Waals surface area contributed by atoms with Gasteiger partial charge in [-0.1, -0.05) is 35.9 Å². The van der Waals surface area contributed by atoms with Crippen molar-refractivity contribution in [3.05, 3.63) is 95.0 Å². The summed E-state index contributed by atoms with van der Waals surface area (Å²) in [7, 11) is 0. The van der Waals surface area contributed by atoms with E-state index in [2.05, 4.69) is 10.1 Å². The van der Waals surface area contributed by atoms with E-state index >= 15 is 0 Å². The summed E-state index contributed by atoms with van der Waals surface area (Å²) < 4.78 is 26.9. The molecule has 9 nitrogen and oxygen atoms in total. The molecule has 0 radical (unpaired) electrons. The average molecular weight is 602 g/mol. The normalized spacial score (nSPS) is 18.8. The number of cyclic esters (lactones) is 1. The van der Waals surface area contributed by atoms with Crippen molar-refractivity contribution in [2.75, 3.05) is 25.4 Å². The number of aliphatic imine (C=N–C) groups is 1. The van der Waals surface area contributed by atoms with Gasteiger partial charge in [-0.2, -0.15) is 5.10 Å². The van der Waals surface area contributed by atoms with Crippen LogP contribution in [0, 0.1) is 5.82 Å². The van der Waals surface area contributed by atoms with Gasteiger partial charge in [0, 0.05) is 36.6 Å². The number of benzene rings is 3. The molecule has 1 saturated heterocycles. The lowest BCUT2D eigenvalue weighted by molar-refractivity contribution is -0.148. The third-order valence-electron chi connectivity index (χ3n) is 7.52. The topological polar surface area (TPSA) is 112 Å². The van der Waals surface area contributed by atoms with E-state index in [0.29, 0.717) is 36.5 Å². The van der Waals surface area contributed by atoms with E-state index in [-0.39, 0.29) is 30.2 Å². The highest BCUT2D eigenvalue weighted by Gasteiger charge is 2.42. The largest absolute Gasteiger partial charge is 0.488 e. The lowest BCUT2D eigenvalue weighted by Crippen LogP contribution is -2.41. The van der Waals surface area contributed by atoms with Crippen LogP contribution >= 0.6 is 11.6 Å². The van der Waals surface area contributed by atoms with Gasteiger partial charge in [0.1, 0.15) is 23.7 Å². The highest BCUT2D eigenvalue weighted by atomic mass is 35.5. The molecule has 3 aromatic carbocycles. The Morgan fingerprint density at radius 2 is 1.95 bits per heavy atom. The van der Waals surface area contributed by atoms with Crippen molar-refractivity contribution in [3.63, 3.8) is 0 Å². The number of anilines is 1. The molecule has 2 N–H and O–H groups in total. The Hall–Kier alpha value is -4.70. The van der Waals surface area contributed by atoms with Crippen LogP contribution in [0.4, 0.5) is 10.1 Å². The number of aromatic nitrogens is 2. The van der Waals surface area contributed by atoms with Crippen LogP contribution in [0.5, 0.6) is 5.75 Å². The zero-order valence-corrected chi connectivity index (χ0v) is 23.9. The maximum Gasteiger partial charge on any atom is 0.329 e. The molecule has 220 valence electrons. The van der Waals surface area contributed by atoms with Gasteiger partial charge in [-0.3, -0.25) is 9.79 Å². The molecule has 43 heavy (non-hydrogen) atoms. The summed E-state index contributed by atoms with van der Waals surface area (Å²) in [5, 5.41) is 4.40. The van der Waals surface area contributed by atoms with Crippen LogP contribution in [0.2, 0.25) is 5.02 Å². The molecule has 0 spiro atoms. The van der Waals surface area contributed by atoms with Crippen LogP contribution in [-0.2, 0) is 9.53 Å². The monoisotopic (exact) mass is 601 g/mol. The Morgan fingerprint density at radius 1 is 1.09 bits per heavy atom. The molecule has 3 heterocycles. The lowest BCUT2D eigenvalue weighted by atomic mass is 9.98. The van der Waals surface area contributed by atoms with Crippen LogP contribution < -0.4 is 10.5 Å². The predicted molar refractivity (Wildman–Crippen MR) is 161 cm³/mol. The first-order chi connectivity index (χ1) is 20.9. The van der Waals surface area contributed by atoms with E-state index in [0.717, 1.165) is 16.7 Å². The molecule has 2 unspecified atom stereocenters. The summed E-state index contributed by atoms with van der Waals surface area (Å²) in [6.45, 7) is 0.924. The first kappa shape index (κ1) is 28.4. The smallest absolute Gasteiger partial charge is 0.329 e. The molecular weight excluding hydrogens is 573 g/mol. The number of nitrogen functional groups attached to an aromatic ring is 1. The Balaban J connectivity index is 1.29. The summed E-state index contributed by atoms with van der Waals surface area (Å²) in [5.74, 6) is -0.780. The van der Waals surface area contributed by atoms with Gasteiger partial charge in [-0.05, 0) is 60.4 Å². The van der Waals surface area contributed by atoms with Crippen molar-refractivity contribution in [1.29, 1.82) is 0 Å². The van der Waals surface area contributed by atoms with Gasteiger partial charge in [0.2, 0.25) is 0 Å². The minimum absolute atomic E-state index is 0.149. The van der Waals surface area contributed by atoms with Crippen LogP contribution in [0.15, 0.2) is 78.0 Å². The van der Waals surface area contributed by atoms with Gasteiger partial charge < -0.3 is 20.1 Å². The fraction of sp³-hybridized carbons (Fsp3) is 0.250. The number of esters is 1. The lowest BCUT2D eigenvalue weighted by Gasteiger charge is -2.22. The Morgan fingerprint density at radius 3 is 2.81 bits per heavy atom. The first-order valence-corrected chi connectivity index (χ1v) is 14.4. The van der Waals surface area contributed by atoms with Crippen LogP contribution in [0.1, 0.15) is 35.2 Å². The molecule has 2 atom stereocenters. The second-order valence-electron chi connectivity index (χ2n) is 10.5. The third-order valence-corrected chi connectivity index (χ3v) is 7.82. The van der Waals surface area contributed by atoms with Crippen LogP contribution in [0.25, 0.3) is 16.8 Å². The summed E-state index contributed by atoms with van der Waals surface area (Å²) in [6.07, 6.45) is 5.82. The SMILES string of the molecule is Nc1cccc2c1C=NCCCCOC(=O)C1CC(CN1C(=O)c1cnn(-c3ccc(F)cc3Cl)c1)Oc1cccc-2c1. The zero-order chi connectivity index (χ0) is 29.9. The van der Waals surface area contributed by atoms with Gasteiger partial charge in [0.05, 0.1) is 35.6 Å². The second-order valence-corrected chi connectivity index (χ2v) is 10.9. The average Bonchev–Trinajstić information content (AvgIpc) is 3.65. The summed E-state index contributed by atoms with van der Waals surface area (Å²) in [5.41, 5.74) is 10.3. The van der Waals surface area contributed by atoms with E-state index in [4.69, 9.17) is 26.8 Å². The Labute approximate surface area is 252 Å². The number of nitrogens with zero attached hydrogens (tertiary/aromatic N) is 4. The number of amides is 1. The fourth-order valence-corrected chi connectivity index (χ4v) is 5.62. The molecule has 6 rings (SSSR count). The fourth-order valence-electron chi connectivity index (χ4n) is 5.37. The van der Waals surface area contributed by atoms with Gasteiger partial charge in [0.15, 0.2) is 0 Å². The van der Waals surface area contributed by atoms with E-state index in [1.807, 2.05) is 42.5 Å². The standard InChI is InChI=1S/C32H29ClFN5O4/c33-27-14-22(34)9-10-29(27)39-18-21(16-37-39)31(40)38-19-24-15-30(38)32(41)42-12-2-1-11-36-17-26-25(7-4-8-28(26)35)20-5-3-6-23(13-20)43-24/h3-10,13-14,16-18,24,30H,1-2,11-12,15,19,35H2. The van der Waals surface area contributed by atoms with Crippen molar-refractivity contribution in [1.82, 2.24) is 14.7 Å². The Kier molecular flexibility index (Phi) is 8.11. The molecule has 2 aliphatic rings. The van der Waals surface area contributed by atoms with Gasteiger partial charge in [0.25, 0.3) is 5.91 Å². The van der Waals surface area contributed by atoms with Crippen molar-refractivity contribution >= 4 is 35.4 Å². The molecule has 0 saturated carbocycles. The molecule has 0 aliphatic carbocycles. The van der Waals surface area contributed by atoms with Gasteiger partial charge in [-0.15, -0.1) is 0 Å². The quantitative estimate of drug-likeness (QED) is 0.245. The second kappa shape index (κ2) is 12.3. The predicted octanol–water partition coefficient (Wildman–Crippen LogP) is 5.33. The number of ether oxygens (including phenoxy) is 2. The van der Waals surface area contributed by atoms with Crippen molar-refractivity contribution in [2.24, 2.45) is 4.99 Å². The molecule has 1 aromatic heterocycles. The number of likely N-dealkylation sites (tertiary alicyclic amines) is 1. The summed E-state index contributed by atoms with van der Waals surface area (Å²) >= 11 is 6.19. The molecule has 4 bridgehead atoms.